The van der Waals surface area contributed by atoms with Crippen LogP contribution >= 0.6 is 11.8 Å². The van der Waals surface area contributed by atoms with Crippen LogP contribution in [0.15, 0.2) is 11.1 Å². The van der Waals surface area contributed by atoms with Gasteiger partial charge in [-0.05, 0) is 31.6 Å². The van der Waals surface area contributed by atoms with Gasteiger partial charge in [0.2, 0.25) is 0 Å². The Kier molecular flexibility index (Phi) is 3.23. The Balaban J connectivity index is 1.64. The number of nitrogen functional groups attached to an aromatic ring is 1. The fourth-order valence-corrected chi connectivity index (χ4v) is 3.54. The normalized spacial score (nSPS) is 20.9. The number of hydrogen-bond donors (Lipinski definition) is 1. The Morgan fingerprint density at radius 3 is 2.65 bits per heavy atom. The molecule has 0 bridgehead atoms. The minimum atomic E-state index is 0.587. The first-order valence-corrected chi connectivity index (χ1v) is 7.57. The maximum atomic E-state index is 5.84. The average molecular weight is 249 g/mol. The van der Waals surface area contributed by atoms with Crippen molar-refractivity contribution in [2.75, 3.05) is 11.5 Å². The molecule has 0 radical (unpaired) electrons. The SMILES string of the molecule is Nc1cc(SCC2CCCC2)nc(C2CC2)n1. The predicted molar refractivity (Wildman–Crippen MR) is 71.1 cm³/mol. The molecule has 2 aliphatic carbocycles. The van der Waals surface area contributed by atoms with E-state index in [0.717, 1.165) is 16.8 Å². The first-order valence-electron chi connectivity index (χ1n) is 6.58. The largest absolute Gasteiger partial charge is 0.384 e. The molecular formula is C13H19N3S. The van der Waals surface area contributed by atoms with Crippen LogP contribution < -0.4 is 5.73 Å². The molecule has 4 heteroatoms. The van der Waals surface area contributed by atoms with Crippen LogP contribution in [0.3, 0.4) is 0 Å². The van der Waals surface area contributed by atoms with Crippen molar-refractivity contribution in [1.29, 1.82) is 0 Å². The highest BCUT2D eigenvalue weighted by Crippen LogP contribution is 2.39. The lowest BCUT2D eigenvalue weighted by molar-refractivity contribution is 0.622. The fraction of sp³-hybridized carbons (Fsp3) is 0.692. The van der Waals surface area contributed by atoms with E-state index in [-0.39, 0.29) is 0 Å². The third-order valence-corrected chi connectivity index (χ3v) is 4.77. The van der Waals surface area contributed by atoms with E-state index in [1.165, 1.54) is 44.3 Å². The molecule has 1 aromatic rings. The number of hydrogen-bond acceptors (Lipinski definition) is 4. The van der Waals surface area contributed by atoms with Crippen molar-refractivity contribution in [3.63, 3.8) is 0 Å². The highest BCUT2D eigenvalue weighted by atomic mass is 32.2. The van der Waals surface area contributed by atoms with Crippen LogP contribution in [0.2, 0.25) is 0 Å². The van der Waals surface area contributed by atoms with E-state index in [0.29, 0.717) is 11.7 Å². The second kappa shape index (κ2) is 4.84. The topological polar surface area (TPSA) is 51.8 Å². The second-order valence-electron chi connectivity index (χ2n) is 5.23. The minimum absolute atomic E-state index is 0.587. The first-order chi connectivity index (χ1) is 8.31. The number of nitrogens with two attached hydrogens (primary N) is 1. The van der Waals surface area contributed by atoms with E-state index < -0.39 is 0 Å². The van der Waals surface area contributed by atoms with Crippen molar-refractivity contribution in [3.8, 4) is 0 Å². The van der Waals surface area contributed by atoms with Crippen LogP contribution in [0.25, 0.3) is 0 Å². The number of nitrogens with zero attached hydrogens (tertiary/aromatic N) is 2. The van der Waals surface area contributed by atoms with Crippen LogP contribution in [0, 0.1) is 5.92 Å². The molecule has 3 rings (SSSR count). The summed E-state index contributed by atoms with van der Waals surface area (Å²) in [5.41, 5.74) is 5.84. The van der Waals surface area contributed by atoms with E-state index >= 15 is 0 Å². The van der Waals surface area contributed by atoms with Gasteiger partial charge in [0.25, 0.3) is 0 Å². The quantitative estimate of drug-likeness (QED) is 0.657. The molecule has 2 N–H and O–H groups in total. The third-order valence-electron chi connectivity index (χ3n) is 3.62. The second-order valence-corrected chi connectivity index (χ2v) is 6.27. The van der Waals surface area contributed by atoms with Crippen molar-refractivity contribution in [1.82, 2.24) is 9.97 Å². The van der Waals surface area contributed by atoms with Gasteiger partial charge in [-0.2, -0.15) is 0 Å². The van der Waals surface area contributed by atoms with E-state index in [1.807, 2.05) is 17.8 Å². The Bertz CT molecular complexity index is 398. The van der Waals surface area contributed by atoms with Crippen LogP contribution in [-0.2, 0) is 0 Å². The Labute approximate surface area is 107 Å². The molecule has 1 aromatic heterocycles. The van der Waals surface area contributed by atoms with Gasteiger partial charge >= 0.3 is 0 Å². The molecule has 17 heavy (non-hydrogen) atoms. The summed E-state index contributed by atoms with van der Waals surface area (Å²) in [4.78, 5) is 8.96. The number of aromatic nitrogens is 2. The maximum absolute atomic E-state index is 5.84. The molecule has 2 aliphatic rings. The number of anilines is 1. The van der Waals surface area contributed by atoms with Crippen LogP contribution in [0.5, 0.6) is 0 Å². The zero-order valence-electron chi connectivity index (χ0n) is 10.1. The molecule has 0 saturated heterocycles. The van der Waals surface area contributed by atoms with Gasteiger partial charge in [0, 0.05) is 17.7 Å². The fourth-order valence-electron chi connectivity index (χ4n) is 2.44. The Morgan fingerprint density at radius 1 is 1.18 bits per heavy atom. The maximum Gasteiger partial charge on any atom is 0.135 e. The highest BCUT2D eigenvalue weighted by molar-refractivity contribution is 7.99. The van der Waals surface area contributed by atoms with E-state index in [9.17, 15) is 0 Å². The van der Waals surface area contributed by atoms with Gasteiger partial charge in [0.05, 0.1) is 0 Å². The summed E-state index contributed by atoms with van der Waals surface area (Å²) in [7, 11) is 0. The van der Waals surface area contributed by atoms with Crippen molar-refractivity contribution < 1.29 is 0 Å². The molecule has 2 fully saturated rings. The summed E-state index contributed by atoms with van der Waals surface area (Å²) in [6.45, 7) is 0. The lowest BCUT2D eigenvalue weighted by Gasteiger charge is -2.08. The molecule has 92 valence electrons. The predicted octanol–water partition coefficient (Wildman–Crippen LogP) is 3.22. The number of rotatable bonds is 4. The summed E-state index contributed by atoms with van der Waals surface area (Å²) >= 11 is 1.86. The van der Waals surface area contributed by atoms with Crippen LogP contribution in [0.1, 0.15) is 50.3 Å². The molecule has 0 atom stereocenters. The monoisotopic (exact) mass is 249 g/mol. The molecule has 2 saturated carbocycles. The van der Waals surface area contributed by atoms with Crippen LogP contribution in [-0.4, -0.2) is 15.7 Å². The summed E-state index contributed by atoms with van der Waals surface area (Å²) in [5.74, 6) is 4.28. The summed E-state index contributed by atoms with van der Waals surface area (Å²) < 4.78 is 0. The zero-order valence-corrected chi connectivity index (χ0v) is 10.9. The summed E-state index contributed by atoms with van der Waals surface area (Å²) in [6, 6.07) is 1.92. The van der Waals surface area contributed by atoms with E-state index in [4.69, 9.17) is 5.73 Å². The van der Waals surface area contributed by atoms with Gasteiger partial charge in [0.15, 0.2) is 0 Å². The number of thioether (sulfide) groups is 1. The van der Waals surface area contributed by atoms with Gasteiger partial charge in [-0.25, -0.2) is 9.97 Å². The lowest BCUT2D eigenvalue weighted by atomic mass is 10.1. The van der Waals surface area contributed by atoms with Gasteiger partial charge in [-0.1, -0.05) is 12.8 Å². The molecule has 1 heterocycles. The first kappa shape index (κ1) is 11.3. The summed E-state index contributed by atoms with van der Waals surface area (Å²) in [5, 5.41) is 1.08. The zero-order chi connectivity index (χ0) is 11.7. The van der Waals surface area contributed by atoms with Gasteiger partial charge in [0.1, 0.15) is 16.7 Å². The van der Waals surface area contributed by atoms with E-state index in [1.54, 1.807) is 0 Å². The van der Waals surface area contributed by atoms with E-state index in [2.05, 4.69) is 9.97 Å². The molecule has 0 unspecified atom stereocenters. The minimum Gasteiger partial charge on any atom is -0.384 e. The van der Waals surface area contributed by atoms with Crippen molar-refractivity contribution in [2.45, 2.75) is 49.5 Å². The standard InChI is InChI=1S/C13H19N3S/c14-11-7-12(16-13(15-11)10-5-6-10)17-8-9-3-1-2-4-9/h7,9-10H,1-6,8H2,(H2,14,15,16). The van der Waals surface area contributed by atoms with Crippen molar-refractivity contribution >= 4 is 17.6 Å². The smallest absolute Gasteiger partial charge is 0.135 e. The average Bonchev–Trinajstić information content (AvgIpc) is 3.04. The molecule has 0 aromatic carbocycles. The third kappa shape index (κ3) is 2.92. The highest BCUT2D eigenvalue weighted by Gasteiger charge is 2.27. The molecule has 0 amide bonds. The summed E-state index contributed by atoms with van der Waals surface area (Å²) in [6.07, 6.45) is 8.06. The molecule has 0 spiro atoms. The molecule has 3 nitrogen and oxygen atoms in total. The van der Waals surface area contributed by atoms with Crippen molar-refractivity contribution in [3.05, 3.63) is 11.9 Å². The van der Waals surface area contributed by atoms with Gasteiger partial charge in [-0.3, -0.25) is 0 Å². The van der Waals surface area contributed by atoms with Crippen molar-refractivity contribution in [2.24, 2.45) is 5.92 Å². The molecule has 0 aliphatic heterocycles. The van der Waals surface area contributed by atoms with Gasteiger partial charge in [-0.15, -0.1) is 11.8 Å². The van der Waals surface area contributed by atoms with Gasteiger partial charge < -0.3 is 5.73 Å². The Hall–Kier alpha value is -0.770. The lowest BCUT2D eigenvalue weighted by Crippen LogP contribution is -2.01. The molecular weight excluding hydrogens is 230 g/mol. The van der Waals surface area contributed by atoms with Crippen LogP contribution in [0.4, 0.5) is 5.82 Å². The Morgan fingerprint density at radius 2 is 1.94 bits per heavy atom.